The number of carbonyl (C=O) groups excluding carboxylic acids is 2. The Kier molecular flexibility index (Phi) is 4.14. The SMILES string of the molecule is O=C(NCc1ccc(F)cc1)c1nc2n(c(=O)c1O)CC(=O)N1CCC[C@@H]21. The van der Waals surface area contributed by atoms with Crippen LogP contribution in [-0.2, 0) is 17.9 Å². The van der Waals surface area contributed by atoms with Crippen molar-refractivity contribution in [2.75, 3.05) is 6.54 Å². The first-order valence-corrected chi connectivity index (χ1v) is 8.61. The van der Waals surface area contributed by atoms with E-state index in [2.05, 4.69) is 10.3 Å². The molecule has 8 nitrogen and oxygen atoms in total. The second-order valence-electron chi connectivity index (χ2n) is 6.61. The number of rotatable bonds is 3. The molecule has 2 amide bonds. The van der Waals surface area contributed by atoms with Gasteiger partial charge < -0.3 is 15.3 Å². The van der Waals surface area contributed by atoms with E-state index in [-0.39, 0.29) is 36.5 Å². The molecule has 0 radical (unpaired) electrons. The number of carbonyl (C=O) groups is 2. The van der Waals surface area contributed by atoms with E-state index < -0.39 is 17.2 Å². The number of fused-ring (bicyclic) bond motifs is 3. The van der Waals surface area contributed by atoms with Crippen molar-refractivity contribution in [3.8, 4) is 5.75 Å². The van der Waals surface area contributed by atoms with Gasteiger partial charge in [0.2, 0.25) is 11.7 Å². The minimum atomic E-state index is -0.799. The maximum Gasteiger partial charge on any atom is 0.297 e. The molecule has 2 aliphatic rings. The normalized spacial score (nSPS) is 18.2. The lowest BCUT2D eigenvalue weighted by molar-refractivity contribution is -0.134. The number of nitrogens with one attached hydrogen (secondary N) is 1. The van der Waals surface area contributed by atoms with Crippen molar-refractivity contribution in [1.29, 1.82) is 0 Å². The van der Waals surface area contributed by atoms with Crippen LogP contribution in [0.5, 0.6) is 5.75 Å². The van der Waals surface area contributed by atoms with Crippen molar-refractivity contribution in [3.05, 3.63) is 57.5 Å². The summed E-state index contributed by atoms with van der Waals surface area (Å²) in [6, 6.07) is 5.23. The summed E-state index contributed by atoms with van der Waals surface area (Å²) in [5.41, 5.74) is -0.507. The van der Waals surface area contributed by atoms with Gasteiger partial charge in [-0.25, -0.2) is 9.37 Å². The molecule has 0 unspecified atom stereocenters. The summed E-state index contributed by atoms with van der Waals surface area (Å²) < 4.78 is 14.1. The molecule has 1 saturated heterocycles. The van der Waals surface area contributed by atoms with Gasteiger partial charge in [-0.05, 0) is 30.5 Å². The molecule has 3 heterocycles. The predicted octanol–water partition coefficient (Wildman–Crippen LogP) is 0.695. The third-order valence-corrected chi connectivity index (χ3v) is 4.92. The molecule has 1 fully saturated rings. The summed E-state index contributed by atoms with van der Waals surface area (Å²) in [7, 11) is 0. The van der Waals surface area contributed by atoms with E-state index in [4.69, 9.17) is 0 Å². The van der Waals surface area contributed by atoms with Gasteiger partial charge in [-0.15, -0.1) is 0 Å². The monoisotopic (exact) mass is 372 g/mol. The lowest BCUT2D eigenvalue weighted by atomic mass is 10.1. The Morgan fingerprint density at radius 2 is 2.04 bits per heavy atom. The number of aromatic nitrogens is 2. The van der Waals surface area contributed by atoms with Gasteiger partial charge in [0.25, 0.3) is 11.5 Å². The van der Waals surface area contributed by atoms with Gasteiger partial charge in [0.15, 0.2) is 5.69 Å². The second-order valence-corrected chi connectivity index (χ2v) is 6.61. The molecule has 1 aromatic heterocycles. The van der Waals surface area contributed by atoms with Crippen LogP contribution in [0.4, 0.5) is 4.39 Å². The molecule has 0 saturated carbocycles. The Labute approximate surface area is 153 Å². The van der Waals surface area contributed by atoms with Gasteiger partial charge >= 0.3 is 0 Å². The number of benzene rings is 1. The largest absolute Gasteiger partial charge is 0.501 e. The van der Waals surface area contributed by atoms with Crippen molar-refractivity contribution in [2.45, 2.75) is 32.0 Å². The molecule has 140 valence electrons. The summed E-state index contributed by atoms with van der Waals surface area (Å²) in [6.07, 6.45) is 1.44. The molecular formula is C18H17FN4O4. The van der Waals surface area contributed by atoms with Crippen LogP contribution in [0, 0.1) is 5.82 Å². The molecule has 1 atom stereocenters. The van der Waals surface area contributed by atoms with Crippen LogP contribution in [0.2, 0.25) is 0 Å². The average molecular weight is 372 g/mol. The van der Waals surface area contributed by atoms with Crippen LogP contribution < -0.4 is 10.9 Å². The van der Waals surface area contributed by atoms with Crippen LogP contribution in [0.15, 0.2) is 29.1 Å². The molecule has 0 bridgehead atoms. The van der Waals surface area contributed by atoms with Gasteiger partial charge in [-0.2, -0.15) is 0 Å². The molecule has 4 rings (SSSR count). The maximum absolute atomic E-state index is 12.9. The van der Waals surface area contributed by atoms with Crippen molar-refractivity contribution < 1.29 is 19.1 Å². The first-order valence-electron chi connectivity index (χ1n) is 8.61. The Bertz CT molecular complexity index is 986. The van der Waals surface area contributed by atoms with E-state index in [1.54, 1.807) is 4.90 Å². The lowest BCUT2D eigenvalue weighted by Crippen LogP contribution is -2.45. The third-order valence-electron chi connectivity index (χ3n) is 4.92. The fourth-order valence-electron chi connectivity index (χ4n) is 3.55. The maximum atomic E-state index is 12.9. The molecule has 2 aromatic rings. The molecule has 2 aliphatic heterocycles. The van der Waals surface area contributed by atoms with Crippen molar-refractivity contribution in [1.82, 2.24) is 19.8 Å². The number of halogens is 1. The highest BCUT2D eigenvalue weighted by Crippen LogP contribution is 2.34. The van der Waals surface area contributed by atoms with E-state index in [1.807, 2.05) is 0 Å². The minimum Gasteiger partial charge on any atom is -0.501 e. The van der Waals surface area contributed by atoms with Crippen LogP contribution >= 0.6 is 0 Å². The highest BCUT2D eigenvalue weighted by atomic mass is 19.1. The Hall–Kier alpha value is -3.23. The second kappa shape index (κ2) is 6.49. The predicted molar refractivity (Wildman–Crippen MR) is 91.4 cm³/mol. The van der Waals surface area contributed by atoms with E-state index >= 15 is 0 Å². The van der Waals surface area contributed by atoms with Gasteiger partial charge in [-0.1, -0.05) is 12.1 Å². The smallest absolute Gasteiger partial charge is 0.297 e. The fraction of sp³-hybridized carbons (Fsp3) is 0.333. The first-order chi connectivity index (χ1) is 13.0. The summed E-state index contributed by atoms with van der Waals surface area (Å²) in [5.74, 6) is -1.75. The highest BCUT2D eigenvalue weighted by molar-refractivity contribution is 5.94. The highest BCUT2D eigenvalue weighted by Gasteiger charge is 2.39. The minimum absolute atomic E-state index is 0.0900. The molecule has 9 heteroatoms. The Morgan fingerprint density at radius 1 is 1.30 bits per heavy atom. The van der Waals surface area contributed by atoms with Crippen molar-refractivity contribution in [2.24, 2.45) is 0 Å². The van der Waals surface area contributed by atoms with Crippen molar-refractivity contribution >= 4 is 11.8 Å². The van der Waals surface area contributed by atoms with Crippen LogP contribution in [-0.4, -0.2) is 37.9 Å². The zero-order valence-electron chi connectivity index (χ0n) is 14.3. The quantitative estimate of drug-likeness (QED) is 0.825. The Morgan fingerprint density at radius 3 is 2.78 bits per heavy atom. The molecule has 27 heavy (non-hydrogen) atoms. The number of hydrogen-bond donors (Lipinski definition) is 2. The summed E-state index contributed by atoms with van der Waals surface area (Å²) in [6.45, 7) is 0.488. The molecule has 2 N–H and O–H groups in total. The van der Waals surface area contributed by atoms with Gasteiger partial charge in [0, 0.05) is 13.1 Å². The van der Waals surface area contributed by atoms with Crippen molar-refractivity contribution in [3.63, 3.8) is 0 Å². The van der Waals surface area contributed by atoms with E-state index in [9.17, 15) is 23.9 Å². The van der Waals surface area contributed by atoms with Gasteiger partial charge in [-0.3, -0.25) is 19.0 Å². The zero-order valence-corrected chi connectivity index (χ0v) is 14.3. The average Bonchev–Trinajstić information content (AvgIpc) is 3.15. The molecule has 1 aromatic carbocycles. The topological polar surface area (TPSA) is 105 Å². The van der Waals surface area contributed by atoms with Crippen LogP contribution in [0.1, 0.15) is 40.8 Å². The van der Waals surface area contributed by atoms with E-state index in [0.29, 0.717) is 24.4 Å². The van der Waals surface area contributed by atoms with E-state index in [0.717, 1.165) is 11.0 Å². The van der Waals surface area contributed by atoms with Gasteiger partial charge in [0.05, 0.1) is 6.04 Å². The zero-order chi connectivity index (χ0) is 19.1. The molecular weight excluding hydrogens is 355 g/mol. The number of amides is 2. The Balaban J connectivity index is 1.63. The third kappa shape index (κ3) is 2.94. The molecule has 0 spiro atoms. The van der Waals surface area contributed by atoms with E-state index in [1.165, 1.54) is 24.3 Å². The lowest BCUT2D eigenvalue weighted by Gasteiger charge is -2.31. The van der Waals surface area contributed by atoms with Crippen LogP contribution in [0.3, 0.4) is 0 Å². The van der Waals surface area contributed by atoms with Gasteiger partial charge in [0.1, 0.15) is 18.2 Å². The standard InChI is InChI=1S/C18H17FN4O4/c19-11-5-3-10(4-6-11)8-20-17(26)14-15(25)18(27)23-9-13(24)22-7-1-2-12(22)16(23)21-14/h3-6,12,25H,1-2,7-9H2,(H,20,26)/t12-/m0/s1. The summed E-state index contributed by atoms with van der Waals surface area (Å²) >= 11 is 0. The first kappa shape index (κ1) is 17.2. The fourth-order valence-corrected chi connectivity index (χ4v) is 3.55. The number of aromatic hydroxyl groups is 1. The van der Waals surface area contributed by atoms with Crippen LogP contribution in [0.25, 0.3) is 0 Å². The number of hydrogen-bond acceptors (Lipinski definition) is 5. The number of nitrogens with zero attached hydrogens (tertiary/aromatic N) is 3. The molecule has 0 aliphatic carbocycles. The summed E-state index contributed by atoms with van der Waals surface area (Å²) in [5, 5.41) is 12.7. The summed E-state index contributed by atoms with van der Waals surface area (Å²) in [4.78, 5) is 43.0.